The number of amides is 1. The molecule has 0 aromatic carbocycles. The molecule has 3 N–H and O–H groups in total. The molecule has 0 aliphatic carbocycles. The summed E-state index contributed by atoms with van der Waals surface area (Å²) in [6.45, 7) is 4.69. The van der Waals surface area contributed by atoms with Gasteiger partial charge < -0.3 is 19.8 Å². The fourth-order valence-electron chi connectivity index (χ4n) is 9.11. The summed E-state index contributed by atoms with van der Waals surface area (Å²) in [4.78, 5) is 23.4. The second-order valence-electron chi connectivity index (χ2n) is 23.5. The van der Waals surface area contributed by atoms with E-state index in [4.69, 9.17) is 9.05 Å². The van der Waals surface area contributed by atoms with Crippen LogP contribution in [0.25, 0.3) is 0 Å². The Morgan fingerprint density at radius 3 is 1.06 bits per heavy atom. The maximum atomic E-state index is 13.0. The maximum absolute atomic E-state index is 13.0. The van der Waals surface area contributed by atoms with Crippen molar-refractivity contribution in [2.75, 3.05) is 40.9 Å². The van der Waals surface area contributed by atoms with E-state index >= 15 is 0 Å². The lowest BCUT2D eigenvalue weighted by atomic mass is 10.0. The molecule has 3 atom stereocenters. The van der Waals surface area contributed by atoms with Crippen molar-refractivity contribution in [3.8, 4) is 0 Å². The summed E-state index contributed by atoms with van der Waals surface area (Å²) in [5.74, 6) is -0.200. The Hall–Kier alpha value is -3.62. The van der Waals surface area contributed by atoms with Crippen LogP contribution in [0.5, 0.6) is 0 Å². The lowest BCUT2D eigenvalue weighted by molar-refractivity contribution is -0.870. The third-order valence-electron chi connectivity index (χ3n) is 14.3. The monoisotopic (exact) mass is 1170 g/mol. The molecular weight excluding hydrogens is 1040 g/mol. The highest BCUT2D eigenvalue weighted by atomic mass is 31.2. The first-order chi connectivity index (χ1) is 40.5. The molecule has 0 radical (unpaired) electrons. The molecule has 8 nitrogen and oxygen atoms in total. The van der Waals surface area contributed by atoms with Crippen LogP contribution in [0.4, 0.5) is 0 Å². The molecule has 0 saturated carbocycles. The van der Waals surface area contributed by atoms with E-state index in [9.17, 15) is 19.4 Å². The average molecular weight is 1170 g/mol. The van der Waals surface area contributed by atoms with Gasteiger partial charge in [-0.25, -0.2) is 4.57 Å². The van der Waals surface area contributed by atoms with Crippen LogP contribution in [-0.2, 0) is 18.4 Å². The Morgan fingerprint density at radius 2 is 0.723 bits per heavy atom. The van der Waals surface area contributed by atoms with Gasteiger partial charge in [-0.2, -0.15) is 0 Å². The molecule has 0 saturated heterocycles. The van der Waals surface area contributed by atoms with Gasteiger partial charge in [0, 0.05) is 6.42 Å². The number of phosphoric acid groups is 1. The lowest BCUT2D eigenvalue weighted by Crippen LogP contribution is -2.45. The first-order valence-electron chi connectivity index (χ1n) is 33.7. The number of phosphoric ester groups is 1. The predicted octanol–water partition coefficient (Wildman–Crippen LogP) is 21.6. The zero-order valence-electron chi connectivity index (χ0n) is 54.1. The van der Waals surface area contributed by atoms with Gasteiger partial charge in [0.2, 0.25) is 5.91 Å². The summed E-state index contributed by atoms with van der Waals surface area (Å²) in [5.41, 5.74) is 0. The number of unbranched alkanes of at least 4 members (excludes halogenated alkanes) is 25. The standard InChI is InChI=1S/C74H127N2O6P/c1-6-8-10-12-14-16-18-20-22-24-26-28-30-31-32-33-34-35-36-37-38-39-40-41-42-43-44-45-46-48-50-52-54-56-58-60-62-64-66-68-74(78)75-72(71-82-83(79,80)81-70-69-76(3,4)5)73(77)67-65-63-61-59-57-55-53-51-49-47-29-27-25-23-21-19-17-15-13-11-9-7-2/h8,10,14,16,20,22,26,28,31-32,34-35,37-38,40-41,43-44,46,48,52,54,65,67,72-73,77H,6-7,9,11-13,15,17-19,21,23-25,27,29-30,33,36,39,42,45,47,49-51,53,55-64,66,68-71H2,1-5H3,(H-,75,78,79,80)/p+1/b10-8-,16-14-,22-20-,28-26-,32-31-,35-34-,38-37-,41-40-,44-43-,48-46-,54-52-,67-65+. The highest BCUT2D eigenvalue weighted by Gasteiger charge is 2.28. The van der Waals surface area contributed by atoms with Gasteiger partial charge in [-0.05, 0) is 103 Å². The Morgan fingerprint density at radius 1 is 0.422 bits per heavy atom. The van der Waals surface area contributed by atoms with Gasteiger partial charge in [-0.3, -0.25) is 13.8 Å². The molecule has 0 fully saturated rings. The van der Waals surface area contributed by atoms with Crippen molar-refractivity contribution in [3.05, 3.63) is 146 Å². The zero-order valence-corrected chi connectivity index (χ0v) is 55.0. The Kier molecular flexibility index (Phi) is 60.2. The van der Waals surface area contributed by atoms with E-state index in [1.165, 1.54) is 116 Å². The number of rotatable bonds is 60. The van der Waals surface area contributed by atoms with Crippen LogP contribution >= 0.6 is 7.82 Å². The molecule has 0 bridgehead atoms. The van der Waals surface area contributed by atoms with Crippen molar-refractivity contribution < 1.29 is 32.9 Å². The molecule has 0 spiro atoms. The van der Waals surface area contributed by atoms with Gasteiger partial charge in [-0.15, -0.1) is 0 Å². The van der Waals surface area contributed by atoms with Crippen molar-refractivity contribution in [1.29, 1.82) is 0 Å². The van der Waals surface area contributed by atoms with Crippen LogP contribution in [0.2, 0.25) is 0 Å². The molecule has 0 rings (SSSR count). The molecule has 0 aromatic rings. The van der Waals surface area contributed by atoms with Gasteiger partial charge in [0.1, 0.15) is 13.2 Å². The van der Waals surface area contributed by atoms with Crippen LogP contribution < -0.4 is 5.32 Å². The number of carbonyl (C=O) groups is 1. The van der Waals surface area contributed by atoms with Crippen molar-refractivity contribution in [3.63, 3.8) is 0 Å². The van der Waals surface area contributed by atoms with Gasteiger partial charge in [-0.1, -0.05) is 301 Å². The minimum absolute atomic E-state index is 0.0503. The van der Waals surface area contributed by atoms with Gasteiger partial charge in [0.25, 0.3) is 0 Å². The number of hydrogen-bond donors (Lipinski definition) is 3. The minimum atomic E-state index is -4.37. The van der Waals surface area contributed by atoms with E-state index in [1.54, 1.807) is 6.08 Å². The quantitative estimate of drug-likeness (QED) is 0.0243. The fraction of sp³-hybridized carbons (Fsp3) is 0.662. The molecule has 83 heavy (non-hydrogen) atoms. The van der Waals surface area contributed by atoms with Crippen molar-refractivity contribution >= 4 is 13.7 Å². The molecule has 0 aromatic heterocycles. The van der Waals surface area contributed by atoms with E-state index in [-0.39, 0.29) is 19.1 Å². The van der Waals surface area contributed by atoms with Gasteiger partial charge in [0.05, 0.1) is 39.9 Å². The summed E-state index contributed by atoms with van der Waals surface area (Å²) in [6, 6.07) is -0.869. The number of hydrogen-bond acceptors (Lipinski definition) is 5. The summed E-state index contributed by atoms with van der Waals surface area (Å²) in [7, 11) is 1.54. The third-order valence-corrected chi connectivity index (χ3v) is 15.3. The largest absolute Gasteiger partial charge is 0.472 e. The summed E-state index contributed by atoms with van der Waals surface area (Å²) in [5, 5.41) is 14.0. The van der Waals surface area contributed by atoms with Crippen molar-refractivity contribution in [2.45, 2.75) is 276 Å². The molecule has 3 unspecified atom stereocenters. The molecule has 0 aliphatic heterocycles. The van der Waals surface area contributed by atoms with Crippen LogP contribution in [-0.4, -0.2) is 73.4 Å². The third kappa shape index (κ3) is 65.8. The Labute approximate surface area is 512 Å². The number of allylic oxidation sites excluding steroid dienone is 23. The Bertz CT molecular complexity index is 1860. The molecule has 0 aliphatic rings. The zero-order chi connectivity index (χ0) is 60.5. The van der Waals surface area contributed by atoms with Crippen LogP contribution in [0.3, 0.4) is 0 Å². The van der Waals surface area contributed by atoms with E-state index < -0.39 is 20.0 Å². The smallest absolute Gasteiger partial charge is 0.387 e. The topological polar surface area (TPSA) is 105 Å². The molecule has 1 amide bonds. The molecule has 9 heteroatoms. The molecule has 474 valence electrons. The van der Waals surface area contributed by atoms with Crippen molar-refractivity contribution in [2.24, 2.45) is 0 Å². The highest BCUT2D eigenvalue weighted by molar-refractivity contribution is 7.47. The fourth-order valence-corrected chi connectivity index (χ4v) is 9.84. The van der Waals surface area contributed by atoms with E-state index in [1.807, 2.05) is 27.2 Å². The van der Waals surface area contributed by atoms with Gasteiger partial charge in [0.15, 0.2) is 0 Å². The summed E-state index contributed by atoms with van der Waals surface area (Å²) in [6.07, 6.45) is 96.8. The first kappa shape index (κ1) is 79.4. The van der Waals surface area contributed by atoms with Crippen molar-refractivity contribution in [1.82, 2.24) is 5.32 Å². The van der Waals surface area contributed by atoms with Gasteiger partial charge >= 0.3 is 7.82 Å². The van der Waals surface area contributed by atoms with Crippen LogP contribution in [0, 0.1) is 0 Å². The molecule has 0 heterocycles. The lowest BCUT2D eigenvalue weighted by Gasteiger charge is -2.25. The number of carbonyl (C=O) groups excluding carboxylic acids is 1. The number of nitrogens with zero attached hydrogens (tertiary/aromatic N) is 1. The molecular formula is C74H128N2O6P+. The number of nitrogens with one attached hydrogen (secondary N) is 1. The average Bonchev–Trinajstić information content (AvgIpc) is 3.50. The summed E-state index contributed by atoms with van der Waals surface area (Å²) < 4.78 is 23.8. The second-order valence-corrected chi connectivity index (χ2v) is 24.9. The maximum Gasteiger partial charge on any atom is 0.472 e. The SMILES string of the molecule is CC/C=C\C/C=C\C/C=C\C/C=C\C/C=C\C/C=C\C/C=C\C/C=C\C/C=C\C/C=C\C/C=C\CCCCCCCC(=O)NC(COP(=O)(O)OCC[N+](C)(C)C)C(O)/C=C/CCCCCCCCCCCCCCCCCCCCCC. The number of likely N-dealkylation sites (N-methyl/N-ethyl adjacent to an activating group) is 1. The number of quaternary nitrogens is 1. The summed E-state index contributed by atoms with van der Waals surface area (Å²) >= 11 is 0. The van der Waals surface area contributed by atoms with Crippen LogP contribution in [0.15, 0.2) is 146 Å². The van der Waals surface area contributed by atoms with E-state index in [0.29, 0.717) is 17.4 Å². The number of aliphatic hydroxyl groups excluding tert-OH is 1. The Balaban J connectivity index is 4.21. The highest BCUT2D eigenvalue weighted by Crippen LogP contribution is 2.43. The number of aliphatic hydroxyl groups is 1. The van der Waals surface area contributed by atoms with Crippen LogP contribution in [0.1, 0.15) is 264 Å². The second kappa shape index (κ2) is 62.9. The normalized spacial score (nSPS) is 14.6. The van der Waals surface area contributed by atoms with E-state index in [2.05, 4.69) is 153 Å². The first-order valence-corrected chi connectivity index (χ1v) is 35.2. The minimum Gasteiger partial charge on any atom is -0.387 e. The van der Waals surface area contributed by atoms with E-state index in [0.717, 1.165) is 128 Å². The predicted molar refractivity (Wildman–Crippen MR) is 364 cm³/mol.